The molecular weight excluding hydrogens is 404 g/mol. The first-order valence-electron chi connectivity index (χ1n) is 12.4. The third kappa shape index (κ3) is 10.4. The fraction of sp³-hybridized carbons (Fsp3) is 0.808. The molecule has 0 aliphatic carbocycles. The molecule has 0 unspecified atom stereocenters. The Kier molecular flexibility index (Phi) is 12.7. The minimum absolute atomic E-state index is 0.0139. The zero-order valence-electron chi connectivity index (χ0n) is 21.1. The molecule has 0 aromatic rings. The Labute approximate surface area is 192 Å². The molecule has 1 rings (SSSR count). The highest BCUT2D eigenvalue weighted by Gasteiger charge is 2.40. The summed E-state index contributed by atoms with van der Waals surface area (Å²) in [6.07, 6.45) is 10.00. The van der Waals surface area contributed by atoms with E-state index in [0.29, 0.717) is 6.42 Å². The summed E-state index contributed by atoms with van der Waals surface area (Å²) in [5.74, 6) is 2.66. The second kappa shape index (κ2) is 14.1. The lowest BCUT2D eigenvalue weighted by atomic mass is 9.99. The second-order valence-corrected chi connectivity index (χ2v) is 14.2. The molecule has 1 aliphatic heterocycles. The maximum Gasteiger partial charge on any atom is 0.302 e. The molecule has 0 amide bonds. The van der Waals surface area contributed by atoms with Crippen LogP contribution in [-0.4, -0.2) is 38.6 Å². The first-order chi connectivity index (χ1) is 14.7. The maximum absolute atomic E-state index is 11.2. The van der Waals surface area contributed by atoms with Gasteiger partial charge in [-0.05, 0) is 44.5 Å². The molecule has 4 nitrogen and oxygen atoms in total. The molecule has 1 heterocycles. The summed E-state index contributed by atoms with van der Waals surface area (Å²) in [6.45, 7) is 14.7. The van der Waals surface area contributed by atoms with Gasteiger partial charge in [0.25, 0.3) is 0 Å². The molecule has 178 valence electrons. The number of hydrogen-bond acceptors (Lipinski definition) is 4. The summed E-state index contributed by atoms with van der Waals surface area (Å²) in [7, 11) is -1.56. The molecule has 0 radical (unpaired) electrons. The first kappa shape index (κ1) is 27.9. The Hall–Kier alpha value is -1.09. The van der Waals surface area contributed by atoms with Crippen LogP contribution in [0, 0.1) is 11.5 Å². The molecule has 2 atom stereocenters. The fourth-order valence-electron chi connectivity index (χ4n) is 4.17. The molecule has 0 aromatic carbocycles. The SMILES string of the molecule is CCCCCCC[C@H]1OC(C)(C)O[C@@H]1C/C(C#C[Si](CC)(CC)CC)=C/COC(C)=O. The lowest BCUT2D eigenvalue weighted by molar-refractivity contribution is -0.146. The molecule has 1 saturated heterocycles. The van der Waals surface area contributed by atoms with Crippen molar-refractivity contribution >= 4 is 14.0 Å². The molecule has 0 bridgehead atoms. The minimum Gasteiger partial charge on any atom is -0.462 e. The average molecular weight is 451 g/mol. The van der Waals surface area contributed by atoms with Crippen molar-refractivity contribution < 1.29 is 19.0 Å². The predicted octanol–water partition coefficient (Wildman–Crippen LogP) is 6.80. The lowest BCUT2D eigenvalue weighted by Gasteiger charge is -2.21. The van der Waals surface area contributed by atoms with E-state index in [2.05, 4.69) is 39.2 Å². The summed E-state index contributed by atoms with van der Waals surface area (Å²) in [4.78, 5) is 11.2. The van der Waals surface area contributed by atoms with E-state index < -0.39 is 13.9 Å². The standard InChI is InChI=1S/C26H46O4Si/c1-8-12-13-14-15-16-24-25(30-26(6,7)29-24)21-23(17-19-28-22(5)27)18-20-31(9-2,10-3)11-4/h17,24-25H,8-16,19,21H2,1-7H3/b23-17+/t24-,25-/m1/s1. The van der Waals surface area contributed by atoms with Gasteiger partial charge in [-0.25, -0.2) is 0 Å². The fourth-order valence-corrected chi connectivity index (χ4v) is 6.62. The Morgan fingerprint density at radius 2 is 1.61 bits per heavy atom. The van der Waals surface area contributed by atoms with Crippen LogP contribution >= 0.6 is 0 Å². The van der Waals surface area contributed by atoms with E-state index >= 15 is 0 Å². The Bertz CT molecular complexity index is 617. The van der Waals surface area contributed by atoms with Gasteiger partial charge in [0.2, 0.25) is 0 Å². The predicted molar refractivity (Wildman–Crippen MR) is 132 cm³/mol. The van der Waals surface area contributed by atoms with Gasteiger partial charge in [-0.2, -0.15) is 0 Å². The Morgan fingerprint density at radius 1 is 1.00 bits per heavy atom. The molecule has 0 saturated carbocycles. The number of rotatable bonds is 13. The zero-order valence-corrected chi connectivity index (χ0v) is 22.1. The average Bonchev–Trinajstić information content (AvgIpc) is 3.01. The van der Waals surface area contributed by atoms with E-state index in [0.717, 1.165) is 18.4 Å². The molecule has 0 spiro atoms. The topological polar surface area (TPSA) is 44.8 Å². The van der Waals surface area contributed by atoms with Crippen molar-refractivity contribution in [1.29, 1.82) is 0 Å². The molecule has 31 heavy (non-hydrogen) atoms. The largest absolute Gasteiger partial charge is 0.462 e. The van der Waals surface area contributed by atoms with Gasteiger partial charge in [0.15, 0.2) is 5.79 Å². The van der Waals surface area contributed by atoms with E-state index in [9.17, 15) is 4.79 Å². The van der Waals surface area contributed by atoms with Gasteiger partial charge in [-0.15, -0.1) is 5.54 Å². The minimum atomic E-state index is -1.56. The number of hydrogen-bond donors (Lipinski definition) is 0. The molecule has 1 fully saturated rings. The van der Waals surface area contributed by atoms with Crippen LogP contribution in [-0.2, 0) is 19.0 Å². The number of ether oxygens (including phenoxy) is 3. The van der Waals surface area contributed by atoms with Crippen LogP contribution in [0.1, 0.15) is 93.4 Å². The highest BCUT2D eigenvalue weighted by atomic mass is 28.3. The van der Waals surface area contributed by atoms with Gasteiger partial charge in [-0.1, -0.05) is 65.7 Å². The molecule has 1 aliphatic rings. The zero-order chi connectivity index (χ0) is 23.3. The highest BCUT2D eigenvalue weighted by Crippen LogP contribution is 2.34. The molecule has 0 N–H and O–H groups in total. The number of carbonyl (C=O) groups excluding carboxylic acids is 1. The van der Waals surface area contributed by atoms with Crippen molar-refractivity contribution in [1.82, 2.24) is 0 Å². The summed E-state index contributed by atoms with van der Waals surface area (Å²) in [5.41, 5.74) is 4.69. The van der Waals surface area contributed by atoms with Crippen molar-refractivity contribution in [2.24, 2.45) is 0 Å². The van der Waals surface area contributed by atoms with Gasteiger partial charge < -0.3 is 14.2 Å². The summed E-state index contributed by atoms with van der Waals surface area (Å²) < 4.78 is 17.7. The van der Waals surface area contributed by atoms with Gasteiger partial charge >= 0.3 is 5.97 Å². The molecule has 0 aromatic heterocycles. The third-order valence-electron chi connectivity index (χ3n) is 6.43. The monoisotopic (exact) mass is 450 g/mol. The van der Waals surface area contributed by atoms with E-state index in [1.165, 1.54) is 50.7 Å². The summed E-state index contributed by atoms with van der Waals surface area (Å²) in [5, 5.41) is 0. The quantitative estimate of drug-likeness (QED) is 0.134. The van der Waals surface area contributed by atoms with Crippen LogP contribution in [0.4, 0.5) is 0 Å². The van der Waals surface area contributed by atoms with E-state index in [-0.39, 0.29) is 24.8 Å². The van der Waals surface area contributed by atoms with Gasteiger partial charge in [-0.3, -0.25) is 4.79 Å². The van der Waals surface area contributed by atoms with Crippen LogP contribution in [0.3, 0.4) is 0 Å². The molecular formula is C26H46O4Si. The first-order valence-corrected chi connectivity index (χ1v) is 15.0. The summed E-state index contributed by atoms with van der Waals surface area (Å²) >= 11 is 0. The maximum atomic E-state index is 11.2. The number of unbranched alkanes of at least 4 members (excludes halogenated alkanes) is 4. The molecule has 5 heteroatoms. The van der Waals surface area contributed by atoms with Gasteiger partial charge in [0, 0.05) is 18.9 Å². The number of carbonyl (C=O) groups is 1. The normalized spacial score (nSPS) is 20.9. The Balaban J connectivity index is 2.94. The van der Waals surface area contributed by atoms with Crippen LogP contribution in [0.5, 0.6) is 0 Å². The van der Waals surface area contributed by atoms with E-state index in [1.54, 1.807) is 0 Å². The second-order valence-electron chi connectivity index (χ2n) is 9.24. The van der Waals surface area contributed by atoms with Crippen LogP contribution < -0.4 is 0 Å². The van der Waals surface area contributed by atoms with Crippen molar-refractivity contribution in [3.05, 3.63) is 11.6 Å². The smallest absolute Gasteiger partial charge is 0.302 e. The highest BCUT2D eigenvalue weighted by molar-refractivity contribution is 6.87. The van der Waals surface area contributed by atoms with Gasteiger partial charge in [0.1, 0.15) is 14.7 Å². The van der Waals surface area contributed by atoms with Gasteiger partial charge in [0.05, 0.1) is 12.2 Å². The van der Waals surface area contributed by atoms with Crippen LogP contribution in [0.2, 0.25) is 18.1 Å². The van der Waals surface area contributed by atoms with Crippen LogP contribution in [0.15, 0.2) is 11.6 Å². The summed E-state index contributed by atoms with van der Waals surface area (Å²) in [6, 6.07) is 3.50. The Morgan fingerprint density at radius 3 is 2.19 bits per heavy atom. The third-order valence-corrected chi connectivity index (χ3v) is 11.1. The van der Waals surface area contributed by atoms with E-state index in [4.69, 9.17) is 14.2 Å². The number of esters is 1. The lowest BCUT2D eigenvalue weighted by Crippen LogP contribution is -2.29. The van der Waals surface area contributed by atoms with Crippen molar-refractivity contribution in [3.8, 4) is 11.5 Å². The van der Waals surface area contributed by atoms with Crippen molar-refractivity contribution in [2.75, 3.05) is 6.61 Å². The van der Waals surface area contributed by atoms with Crippen molar-refractivity contribution in [2.45, 2.75) is 130 Å². The van der Waals surface area contributed by atoms with E-state index in [1.807, 2.05) is 19.9 Å². The van der Waals surface area contributed by atoms with Crippen LogP contribution in [0.25, 0.3) is 0 Å². The van der Waals surface area contributed by atoms with Crippen molar-refractivity contribution in [3.63, 3.8) is 0 Å².